The van der Waals surface area contributed by atoms with Crippen LogP contribution in [-0.4, -0.2) is 21.8 Å². The van der Waals surface area contributed by atoms with E-state index in [1.165, 1.54) is 0 Å². The lowest BCUT2D eigenvalue weighted by Crippen LogP contribution is -2.20. The number of para-hydroxylation sites is 2. The summed E-state index contributed by atoms with van der Waals surface area (Å²) in [6.07, 6.45) is 0. The molecule has 1 aliphatic rings. The lowest BCUT2D eigenvalue weighted by atomic mass is 9.96. The minimum Gasteiger partial charge on any atom is -0.352 e. The third-order valence-corrected chi connectivity index (χ3v) is 5.59. The Labute approximate surface area is 162 Å². The third-order valence-electron chi connectivity index (χ3n) is 5.59. The number of carbonyl (C=O) groups excluding carboxylic acids is 2. The van der Waals surface area contributed by atoms with Gasteiger partial charge >= 0.3 is 0 Å². The summed E-state index contributed by atoms with van der Waals surface area (Å²) in [6.45, 7) is 0. The van der Waals surface area contributed by atoms with E-state index in [1.54, 1.807) is 24.3 Å². The number of hydrogen-bond acceptors (Lipinski definition) is 4. The van der Waals surface area contributed by atoms with Crippen LogP contribution in [0.2, 0.25) is 0 Å². The van der Waals surface area contributed by atoms with E-state index in [0.29, 0.717) is 65.9 Å². The highest BCUT2D eigenvalue weighted by atomic mass is 16.2. The number of nitrogens with zero attached hydrogens (tertiary/aromatic N) is 2. The highest BCUT2D eigenvalue weighted by Gasteiger charge is 2.35. The molecule has 0 fully saturated rings. The van der Waals surface area contributed by atoms with Gasteiger partial charge in [-0.1, -0.05) is 24.3 Å². The molecule has 6 rings (SSSR count). The fourth-order valence-electron chi connectivity index (χ4n) is 4.45. The molecule has 3 aromatic carbocycles. The minimum absolute atomic E-state index is 0.294. The van der Waals surface area contributed by atoms with Crippen molar-refractivity contribution in [1.82, 2.24) is 15.3 Å². The predicted octanol–water partition coefficient (Wildman–Crippen LogP) is 3.58. The molecule has 0 radical (unpaired) electrons. The molecule has 134 valence electrons. The first-order chi connectivity index (χ1) is 14.1. The van der Waals surface area contributed by atoms with Gasteiger partial charge < -0.3 is 9.97 Å². The topological polar surface area (TPSA) is 125 Å². The van der Waals surface area contributed by atoms with Gasteiger partial charge in [0.25, 0.3) is 11.8 Å². The second kappa shape index (κ2) is 5.00. The lowest BCUT2D eigenvalue weighted by molar-refractivity contribution is 0.0880. The van der Waals surface area contributed by atoms with Crippen LogP contribution in [0.15, 0.2) is 36.4 Å². The minimum atomic E-state index is -0.467. The molecule has 2 aromatic heterocycles. The summed E-state index contributed by atoms with van der Waals surface area (Å²) < 4.78 is 0. The van der Waals surface area contributed by atoms with Gasteiger partial charge in [0.2, 0.25) is 0 Å². The summed E-state index contributed by atoms with van der Waals surface area (Å²) in [5.74, 6) is -0.933. The van der Waals surface area contributed by atoms with E-state index in [4.69, 9.17) is 0 Å². The molecule has 0 spiro atoms. The zero-order chi connectivity index (χ0) is 19.9. The Morgan fingerprint density at radius 1 is 0.655 bits per heavy atom. The first-order valence-electron chi connectivity index (χ1n) is 8.84. The van der Waals surface area contributed by atoms with Crippen LogP contribution < -0.4 is 5.32 Å². The summed E-state index contributed by atoms with van der Waals surface area (Å²) in [5.41, 5.74) is 3.93. The molecule has 2 amide bonds. The molecule has 29 heavy (non-hydrogen) atoms. The molecule has 5 aromatic rings. The number of hydrogen-bond donors (Lipinski definition) is 3. The first kappa shape index (κ1) is 15.4. The van der Waals surface area contributed by atoms with Gasteiger partial charge in [0.05, 0.1) is 44.3 Å². The first-order valence-corrected chi connectivity index (χ1v) is 8.84. The van der Waals surface area contributed by atoms with E-state index in [2.05, 4.69) is 27.4 Å². The molecule has 3 heterocycles. The van der Waals surface area contributed by atoms with E-state index in [1.807, 2.05) is 12.1 Å². The zero-order valence-electron chi connectivity index (χ0n) is 14.7. The quantitative estimate of drug-likeness (QED) is 0.358. The Kier molecular flexibility index (Phi) is 2.66. The maximum atomic E-state index is 12.7. The third kappa shape index (κ3) is 1.70. The lowest BCUT2D eigenvalue weighted by Gasteiger charge is -2.02. The Morgan fingerprint density at radius 2 is 1.10 bits per heavy atom. The zero-order valence-corrected chi connectivity index (χ0v) is 14.7. The standard InChI is InChI=1S/C22H9N5O2/c23-7-9-3-1-5-11-13-15-16(22(29)27-21(15)28)14-12-6-2-4-10(8-24)18(12)26-20(14)19(13)25-17(9)11/h1-6,25-26H,(H,27,28,29). The maximum Gasteiger partial charge on any atom is 0.259 e. The molecule has 7 nitrogen and oxygen atoms in total. The van der Waals surface area contributed by atoms with Crippen LogP contribution in [0.4, 0.5) is 0 Å². The maximum absolute atomic E-state index is 12.7. The van der Waals surface area contributed by atoms with E-state index < -0.39 is 11.8 Å². The number of fused-ring (bicyclic) bond motifs is 10. The molecular weight excluding hydrogens is 366 g/mol. The molecule has 7 heteroatoms. The fraction of sp³-hybridized carbons (Fsp3) is 0. The van der Waals surface area contributed by atoms with Crippen molar-refractivity contribution < 1.29 is 9.59 Å². The normalized spacial score (nSPS) is 13.2. The summed E-state index contributed by atoms with van der Waals surface area (Å²) in [4.78, 5) is 32.0. The predicted molar refractivity (Wildman–Crippen MR) is 106 cm³/mol. The summed E-state index contributed by atoms with van der Waals surface area (Å²) in [5, 5.41) is 24.0. The largest absolute Gasteiger partial charge is 0.352 e. The van der Waals surface area contributed by atoms with E-state index in [0.717, 1.165) is 0 Å². The highest BCUT2D eigenvalue weighted by molar-refractivity contribution is 6.39. The van der Waals surface area contributed by atoms with Crippen molar-refractivity contribution in [3.63, 3.8) is 0 Å². The van der Waals surface area contributed by atoms with Gasteiger partial charge in [-0.25, -0.2) is 0 Å². The van der Waals surface area contributed by atoms with Crippen LogP contribution in [0.1, 0.15) is 31.8 Å². The summed E-state index contributed by atoms with van der Waals surface area (Å²) in [6, 6.07) is 14.8. The average Bonchev–Trinajstić information content (AvgIpc) is 3.38. The number of aromatic nitrogens is 2. The Morgan fingerprint density at radius 3 is 1.52 bits per heavy atom. The molecule has 0 unspecified atom stereocenters. The highest BCUT2D eigenvalue weighted by Crippen LogP contribution is 2.42. The van der Waals surface area contributed by atoms with Crippen molar-refractivity contribution in [2.24, 2.45) is 0 Å². The smallest absolute Gasteiger partial charge is 0.259 e. The monoisotopic (exact) mass is 375 g/mol. The van der Waals surface area contributed by atoms with Crippen LogP contribution in [-0.2, 0) is 0 Å². The fourth-order valence-corrected chi connectivity index (χ4v) is 4.45. The second-order valence-electron chi connectivity index (χ2n) is 6.96. The number of nitriles is 2. The van der Waals surface area contributed by atoms with Crippen LogP contribution in [0.25, 0.3) is 43.6 Å². The van der Waals surface area contributed by atoms with Crippen molar-refractivity contribution in [1.29, 1.82) is 10.5 Å². The molecule has 0 saturated carbocycles. The number of amides is 2. The number of nitrogens with one attached hydrogen (secondary N) is 3. The van der Waals surface area contributed by atoms with Crippen LogP contribution >= 0.6 is 0 Å². The van der Waals surface area contributed by atoms with Crippen LogP contribution in [0.3, 0.4) is 0 Å². The molecule has 0 saturated heterocycles. The van der Waals surface area contributed by atoms with Crippen molar-refractivity contribution in [3.05, 3.63) is 58.7 Å². The molecule has 0 bridgehead atoms. The Bertz CT molecular complexity index is 1560. The Hall–Kier alpha value is -4.62. The molecule has 0 aliphatic carbocycles. The second-order valence-corrected chi connectivity index (χ2v) is 6.96. The number of rotatable bonds is 0. The van der Waals surface area contributed by atoms with Crippen molar-refractivity contribution >= 4 is 55.4 Å². The van der Waals surface area contributed by atoms with Gasteiger partial charge in [-0.15, -0.1) is 0 Å². The summed E-state index contributed by atoms with van der Waals surface area (Å²) in [7, 11) is 0. The number of imide groups is 1. The van der Waals surface area contributed by atoms with Crippen LogP contribution in [0.5, 0.6) is 0 Å². The Balaban J connectivity index is 2.01. The number of benzene rings is 3. The van der Waals surface area contributed by atoms with Gasteiger partial charge in [-0.2, -0.15) is 10.5 Å². The molecule has 0 atom stereocenters. The molecule has 3 N–H and O–H groups in total. The van der Waals surface area contributed by atoms with E-state index in [9.17, 15) is 20.1 Å². The van der Waals surface area contributed by atoms with Gasteiger partial charge in [0.15, 0.2) is 0 Å². The van der Waals surface area contributed by atoms with Gasteiger partial charge in [-0.05, 0) is 12.1 Å². The van der Waals surface area contributed by atoms with Crippen molar-refractivity contribution in [3.8, 4) is 12.1 Å². The van der Waals surface area contributed by atoms with E-state index >= 15 is 0 Å². The average molecular weight is 375 g/mol. The SMILES string of the molecule is N#Cc1cccc2c1[nH]c1c3[nH]c4c(C#N)cccc4c3c3c(c21)C(=O)NC3=O. The number of aromatic amines is 2. The van der Waals surface area contributed by atoms with Gasteiger partial charge in [0.1, 0.15) is 12.1 Å². The van der Waals surface area contributed by atoms with Crippen LogP contribution in [0, 0.1) is 22.7 Å². The van der Waals surface area contributed by atoms with Gasteiger partial charge in [0, 0.05) is 21.5 Å². The van der Waals surface area contributed by atoms with Crippen molar-refractivity contribution in [2.45, 2.75) is 0 Å². The van der Waals surface area contributed by atoms with E-state index in [-0.39, 0.29) is 0 Å². The molecular formula is C22H9N5O2. The number of H-pyrrole nitrogens is 2. The van der Waals surface area contributed by atoms with Gasteiger partial charge in [-0.3, -0.25) is 14.9 Å². The van der Waals surface area contributed by atoms with Crippen molar-refractivity contribution in [2.75, 3.05) is 0 Å². The number of carbonyl (C=O) groups is 2. The summed E-state index contributed by atoms with van der Waals surface area (Å²) >= 11 is 0. The molecule has 1 aliphatic heterocycles.